The lowest BCUT2D eigenvalue weighted by molar-refractivity contribution is 0.0696. The van der Waals surface area contributed by atoms with E-state index in [4.69, 9.17) is 5.11 Å². The van der Waals surface area contributed by atoms with Crippen LogP contribution in [0.1, 0.15) is 37.4 Å². The van der Waals surface area contributed by atoms with Crippen LogP contribution in [0, 0.1) is 18.8 Å². The summed E-state index contributed by atoms with van der Waals surface area (Å²) in [5.74, 6) is 4.60. The molecule has 0 aliphatic heterocycles. The summed E-state index contributed by atoms with van der Waals surface area (Å²) in [6, 6.07) is 16.0. The summed E-state index contributed by atoms with van der Waals surface area (Å²) < 4.78 is 0. The summed E-state index contributed by atoms with van der Waals surface area (Å²) in [5, 5.41) is 11.8. The van der Waals surface area contributed by atoms with Gasteiger partial charge >= 0.3 is 5.97 Å². The molecule has 1 amide bonds. The molecule has 0 radical (unpaired) electrons. The molecular formula is C22H16N2O3. The number of carboxylic acids is 1. The first-order chi connectivity index (χ1) is 13.0. The second-order valence-corrected chi connectivity index (χ2v) is 5.92. The standard InChI is InChI=1S/C22H16N2O3/c1-15-4-2-6-18(10-15)21(25)24-20-7-3-5-16(12-20)8-9-17-11-19(22(26)27)14-23-13-17/h2-7,10-14H,1H3,(H,24,25)(H,26,27). The number of nitrogens with zero attached hydrogens (tertiary/aromatic N) is 1. The van der Waals surface area contributed by atoms with Crippen molar-refractivity contribution in [2.24, 2.45) is 0 Å². The van der Waals surface area contributed by atoms with Gasteiger partial charge in [-0.15, -0.1) is 0 Å². The van der Waals surface area contributed by atoms with E-state index in [1.54, 1.807) is 24.3 Å². The quantitative estimate of drug-likeness (QED) is 0.701. The van der Waals surface area contributed by atoms with E-state index in [0.29, 0.717) is 22.4 Å². The molecule has 1 aromatic heterocycles. The Bertz CT molecular complexity index is 1080. The zero-order valence-corrected chi connectivity index (χ0v) is 14.6. The molecule has 0 saturated heterocycles. The number of carboxylic acid groups (broad SMARTS) is 1. The summed E-state index contributed by atoms with van der Waals surface area (Å²) in [6.45, 7) is 1.93. The van der Waals surface area contributed by atoms with Gasteiger partial charge in [0.2, 0.25) is 0 Å². The van der Waals surface area contributed by atoms with Crippen molar-refractivity contribution in [3.8, 4) is 11.8 Å². The minimum absolute atomic E-state index is 0.0842. The lowest BCUT2D eigenvalue weighted by Crippen LogP contribution is -2.11. The molecule has 0 spiro atoms. The highest BCUT2D eigenvalue weighted by Crippen LogP contribution is 2.13. The number of carbonyl (C=O) groups is 2. The second kappa shape index (κ2) is 7.98. The summed E-state index contributed by atoms with van der Waals surface area (Å²) in [5.41, 5.74) is 3.51. The van der Waals surface area contributed by atoms with Gasteiger partial charge in [0.05, 0.1) is 5.56 Å². The summed E-state index contributed by atoms with van der Waals surface area (Å²) in [6.07, 6.45) is 2.78. The Morgan fingerprint density at radius 1 is 0.926 bits per heavy atom. The van der Waals surface area contributed by atoms with Crippen LogP contribution in [0.3, 0.4) is 0 Å². The first kappa shape index (κ1) is 17.9. The van der Waals surface area contributed by atoms with Gasteiger partial charge in [0.15, 0.2) is 0 Å². The Morgan fingerprint density at radius 3 is 2.48 bits per heavy atom. The SMILES string of the molecule is Cc1cccc(C(=O)Nc2cccc(C#Cc3cncc(C(=O)O)c3)c2)c1. The van der Waals surface area contributed by atoms with Crippen molar-refractivity contribution in [2.45, 2.75) is 6.92 Å². The fraction of sp³-hybridized carbons (Fsp3) is 0.0455. The third-order valence-corrected chi connectivity index (χ3v) is 3.74. The smallest absolute Gasteiger partial charge is 0.337 e. The summed E-state index contributed by atoms with van der Waals surface area (Å²) in [7, 11) is 0. The van der Waals surface area contributed by atoms with Crippen molar-refractivity contribution < 1.29 is 14.7 Å². The van der Waals surface area contributed by atoms with Crippen molar-refractivity contribution in [1.29, 1.82) is 0 Å². The molecule has 0 atom stereocenters. The molecule has 0 saturated carbocycles. The Balaban J connectivity index is 1.78. The number of hydrogen-bond acceptors (Lipinski definition) is 3. The van der Waals surface area contributed by atoms with E-state index in [1.165, 1.54) is 18.5 Å². The molecule has 27 heavy (non-hydrogen) atoms. The van der Waals surface area contributed by atoms with Gasteiger partial charge in [0, 0.05) is 34.8 Å². The van der Waals surface area contributed by atoms with Gasteiger partial charge in [0.25, 0.3) is 5.91 Å². The fourth-order valence-electron chi connectivity index (χ4n) is 2.43. The number of carbonyl (C=O) groups excluding carboxylic acids is 1. The minimum atomic E-state index is -1.05. The topological polar surface area (TPSA) is 79.3 Å². The van der Waals surface area contributed by atoms with Gasteiger partial charge in [-0.3, -0.25) is 9.78 Å². The number of rotatable bonds is 3. The molecule has 0 bridgehead atoms. The zero-order chi connectivity index (χ0) is 19.2. The summed E-state index contributed by atoms with van der Waals surface area (Å²) in [4.78, 5) is 27.2. The molecule has 3 aromatic rings. The average molecular weight is 356 g/mol. The largest absolute Gasteiger partial charge is 0.478 e. The highest BCUT2D eigenvalue weighted by Gasteiger charge is 2.06. The van der Waals surface area contributed by atoms with Crippen LogP contribution in [0.15, 0.2) is 67.0 Å². The second-order valence-electron chi connectivity index (χ2n) is 5.92. The molecule has 5 heteroatoms. The maximum absolute atomic E-state index is 12.3. The molecule has 0 aliphatic rings. The molecule has 2 N–H and O–H groups in total. The lowest BCUT2D eigenvalue weighted by atomic mass is 10.1. The van der Waals surface area contributed by atoms with E-state index in [1.807, 2.05) is 31.2 Å². The predicted molar refractivity (Wildman–Crippen MR) is 103 cm³/mol. The zero-order valence-electron chi connectivity index (χ0n) is 14.6. The molecule has 5 nitrogen and oxygen atoms in total. The molecule has 1 heterocycles. The number of hydrogen-bond donors (Lipinski definition) is 2. The van der Waals surface area contributed by atoms with E-state index < -0.39 is 5.97 Å². The van der Waals surface area contributed by atoms with Crippen LogP contribution in [0.4, 0.5) is 5.69 Å². The highest BCUT2D eigenvalue weighted by molar-refractivity contribution is 6.04. The number of pyridine rings is 1. The molecule has 3 rings (SSSR count). The van der Waals surface area contributed by atoms with Gasteiger partial charge in [-0.25, -0.2) is 4.79 Å². The van der Waals surface area contributed by atoms with E-state index in [2.05, 4.69) is 22.1 Å². The number of nitrogens with one attached hydrogen (secondary N) is 1. The number of aromatic nitrogens is 1. The maximum atomic E-state index is 12.3. The van der Waals surface area contributed by atoms with Crippen LogP contribution >= 0.6 is 0 Å². The van der Waals surface area contributed by atoms with Crippen molar-refractivity contribution in [2.75, 3.05) is 5.32 Å². The third kappa shape index (κ3) is 4.80. The Labute approximate surface area is 156 Å². The van der Waals surface area contributed by atoms with Crippen LogP contribution in [0.25, 0.3) is 0 Å². The van der Waals surface area contributed by atoms with Gasteiger partial charge in [0.1, 0.15) is 0 Å². The molecule has 0 unspecified atom stereocenters. The van der Waals surface area contributed by atoms with Crippen LogP contribution in [-0.2, 0) is 0 Å². The van der Waals surface area contributed by atoms with Crippen LogP contribution in [-0.4, -0.2) is 22.0 Å². The Morgan fingerprint density at radius 2 is 1.70 bits per heavy atom. The van der Waals surface area contributed by atoms with Crippen molar-refractivity contribution in [1.82, 2.24) is 4.98 Å². The Kier molecular flexibility index (Phi) is 5.29. The van der Waals surface area contributed by atoms with Crippen LogP contribution in [0.5, 0.6) is 0 Å². The number of anilines is 1. The van der Waals surface area contributed by atoms with Crippen LogP contribution in [0.2, 0.25) is 0 Å². The number of benzene rings is 2. The van der Waals surface area contributed by atoms with E-state index in [0.717, 1.165) is 5.56 Å². The number of aryl methyl sites for hydroxylation is 1. The normalized spacial score (nSPS) is 9.81. The molecule has 2 aromatic carbocycles. The van der Waals surface area contributed by atoms with Gasteiger partial charge in [-0.2, -0.15) is 0 Å². The first-order valence-electron chi connectivity index (χ1n) is 8.20. The van der Waals surface area contributed by atoms with Crippen molar-refractivity contribution in [3.05, 3.63) is 94.8 Å². The van der Waals surface area contributed by atoms with Crippen molar-refractivity contribution >= 4 is 17.6 Å². The number of aromatic carboxylic acids is 1. The van der Waals surface area contributed by atoms with Gasteiger partial charge in [-0.05, 0) is 43.3 Å². The minimum Gasteiger partial charge on any atom is -0.478 e. The highest BCUT2D eigenvalue weighted by atomic mass is 16.4. The van der Waals surface area contributed by atoms with Crippen LogP contribution < -0.4 is 5.32 Å². The van der Waals surface area contributed by atoms with Crippen molar-refractivity contribution in [3.63, 3.8) is 0 Å². The Hall–Kier alpha value is -3.91. The van der Waals surface area contributed by atoms with Gasteiger partial charge < -0.3 is 10.4 Å². The molecule has 0 fully saturated rings. The monoisotopic (exact) mass is 356 g/mol. The van der Waals surface area contributed by atoms with E-state index in [9.17, 15) is 9.59 Å². The molecule has 132 valence electrons. The lowest BCUT2D eigenvalue weighted by Gasteiger charge is -2.06. The maximum Gasteiger partial charge on any atom is 0.337 e. The predicted octanol–water partition coefficient (Wildman–Crippen LogP) is 3.74. The first-order valence-corrected chi connectivity index (χ1v) is 8.20. The average Bonchev–Trinajstić information content (AvgIpc) is 2.67. The van der Waals surface area contributed by atoms with Gasteiger partial charge in [-0.1, -0.05) is 35.6 Å². The third-order valence-electron chi connectivity index (χ3n) is 3.74. The number of amides is 1. The van der Waals surface area contributed by atoms with E-state index in [-0.39, 0.29) is 11.5 Å². The van der Waals surface area contributed by atoms with E-state index >= 15 is 0 Å². The molecular weight excluding hydrogens is 340 g/mol. The summed E-state index contributed by atoms with van der Waals surface area (Å²) >= 11 is 0. The molecule has 0 aliphatic carbocycles. The fourth-order valence-corrected chi connectivity index (χ4v) is 2.43.